The van der Waals surface area contributed by atoms with Gasteiger partial charge in [-0.2, -0.15) is 0 Å². The molecule has 0 radical (unpaired) electrons. The van der Waals surface area contributed by atoms with Gasteiger partial charge in [-0.1, -0.05) is 11.6 Å². The van der Waals surface area contributed by atoms with Crippen molar-refractivity contribution in [2.45, 2.75) is 25.0 Å². The van der Waals surface area contributed by atoms with Crippen molar-refractivity contribution in [2.24, 2.45) is 11.8 Å². The largest absolute Gasteiger partial charge is 0.492 e. The predicted molar refractivity (Wildman–Crippen MR) is 102 cm³/mol. The highest BCUT2D eigenvalue weighted by molar-refractivity contribution is 6.30. The summed E-state index contributed by atoms with van der Waals surface area (Å²) < 4.78 is 11.3. The molecule has 3 fully saturated rings. The van der Waals surface area contributed by atoms with Gasteiger partial charge in [0.1, 0.15) is 12.4 Å². The third-order valence-corrected chi connectivity index (χ3v) is 6.44. The van der Waals surface area contributed by atoms with Gasteiger partial charge in [0.25, 0.3) is 0 Å². The van der Waals surface area contributed by atoms with E-state index in [4.69, 9.17) is 21.1 Å². The number of hydrogen-bond acceptors (Lipinski definition) is 5. The third kappa shape index (κ3) is 4.34. The lowest BCUT2D eigenvalue weighted by Crippen LogP contribution is -2.53. The van der Waals surface area contributed by atoms with Crippen molar-refractivity contribution in [3.05, 3.63) is 29.3 Å². The Labute approximate surface area is 160 Å². The van der Waals surface area contributed by atoms with E-state index in [1.54, 1.807) is 0 Å². The Bertz CT molecular complexity index is 579. The van der Waals surface area contributed by atoms with Crippen LogP contribution in [0.15, 0.2) is 24.3 Å². The quantitative estimate of drug-likeness (QED) is 0.847. The van der Waals surface area contributed by atoms with Crippen LogP contribution in [-0.2, 0) is 4.74 Å². The summed E-state index contributed by atoms with van der Waals surface area (Å²) in [7, 11) is 0. The fourth-order valence-electron chi connectivity index (χ4n) is 4.81. The molecule has 144 valence electrons. The Hall–Kier alpha value is -0.850. The maximum Gasteiger partial charge on any atom is 0.119 e. The van der Waals surface area contributed by atoms with Crippen LogP contribution in [0.4, 0.5) is 0 Å². The Morgan fingerprint density at radius 2 is 1.77 bits per heavy atom. The number of ether oxygens (including phenoxy) is 2. The second-order valence-corrected chi connectivity index (χ2v) is 8.27. The zero-order chi connectivity index (χ0) is 17.9. The topological polar surface area (TPSA) is 45.2 Å². The van der Waals surface area contributed by atoms with Gasteiger partial charge < -0.3 is 14.6 Å². The molecule has 5 nitrogen and oxygen atoms in total. The number of fused-ring (bicyclic) bond motifs is 1. The highest BCUT2D eigenvalue weighted by Crippen LogP contribution is 2.38. The molecule has 2 heterocycles. The molecule has 4 rings (SSSR count). The molecule has 1 aromatic rings. The zero-order valence-corrected chi connectivity index (χ0v) is 16.0. The Kier molecular flexibility index (Phi) is 6.01. The summed E-state index contributed by atoms with van der Waals surface area (Å²) >= 11 is 5.90. The number of halogens is 1. The van der Waals surface area contributed by atoms with E-state index in [9.17, 15) is 5.11 Å². The molecule has 0 amide bonds. The summed E-state index contributed by atoms with van der Waals surface area (Å²) in [5.74, 6) is 2.19. The Morgan fingerprint density at radius 3 is 2.50 bits per heavy atom. The van der Waals surface area contributed by atoms with Gasteiger partial charge in [0.15, 0.2) is 0 Å². The van der Waals surface area contributed by atoms with Crippen molar-refractivity contribution in [3.63, 3.8) is 0 Å². The molecule has 0 spiro atoms. The van der Waals surface area contributed by atoms with Crippen molar-refractivity contribution in [2.75, 3.05) is 52.5 Å². The first kappa shape index (κ1) is 18.5. The standard InChI is InChI=1S/C20H29ClN2O3/c21-17-1-3-18(4-2-17)26-10-5-22-13-15-11-19(20(24)12-16(15)14-22)23-6-8-25-9-7-23/h1-4,15-16,19-20,24H,5-14H2/t15-,16+,19-,20-/m1/s1. The summed E-state index contributed by atoms with van der Waals surface area (Å²) in [6.45, 7) is 7.35. The van der Waals surface area contributed by atoms with Crippen LogP contribution < -0.4 is 4.74 Å². The summed E-state index contributed by atoms with van der Waals surface area (Å²) in [6.07, 6.45) is 1.85. The van der Waals surface area contributed by atoms with E-state index in [1.807, 2.05) is 24.3 Å². The van der Waals surface area contributed by atoms with Gasteiger partial charge in [-0.15, -0.1) is 0 Å². The van der Waals surface area contributed by atoms with Crippen LogP contribution in [0.5, 0.6) is 5.75 Å². The number of aliphatic hydroxyl groups is 1. The fraction of sp³-hybridized carbons (Fsp3) is 0.700. The van der Waals surface area contributed by atoms with E-state index in [1.165, 1.54) is 0 Å². The van der Waals surface area contributed by atoms with Crippen molar-refractivity contribution < 1.29 is 14.6 Å². The van der Waals surface area contributed by atoms with Gasteiger partial charge in [0.05, 0.1) is 19.3 Å². The molecule has 2 aliphatic heterocycles. The summed E-state index contributed by atoms with van der Waals surface area (Å²) in [4.78, 5) is 4.94. The summed E-state index contributed by atoms with van der Waals surface area (Å²) in [5.41, 5.74) is 0. The van der Waals surface area contributed by atoms with Crippen molar-refractivity contribution in [3.8, 4) is 5.75 Å². The minimum atomic E-state index is -0.195. The zero-order valence-electron chi connectivity index (χ0n) is 15.2. The number of likely N-dealkylation sites (tertiary alicyclic amines) is 1. The number of hydrogen-bond donors (Lipinski definition) is 1. The van der Waals surface area contributed by atoms with Crippen LogP contribution in [0.25, 0.3) is 0 Å². The lowest BCUT2D eigenvalue weighted by Gasteiger charge is -2.43. The van der Waals surface area contributed by atoms with E-state index in [0.717, 1.165) is 69.6 Å². The SMILES string of the molecule is O[C@@H]1C[C@H]2CN(CCOc3ccc(Cl)cc3)C[C@H]2C[C@H]1N1CCOCC1. The normalized spacial score (nSPS) is 33.2. The van der Waals surface area contributed by atoms with Crippen LogP contribution in [-0.4, -0.2) is 79.6 Å². The van der Waals surface area contributed by atoms with E-state index >= 15 is 0 Å². The summed E-state index contributed by atoms with van der Waals surface area (Å²) in [5, 5.41) is 11.4. The van der Waals surface area contributed by atoms with Gasteiger partial charge in [-0.25, -0.2) is 0 Å². The molecule has 0 unspecified atom stereocenters. The molecule has 0 bridgehead atoms. The van der Waals surface area contributed by atoms with Crippen LogP contribution >= 0.6 is 11.6 Å². The molecule has 26 heavy (non-hydrogen) atoms. The molecule has 1 N–H and O–H groups in total. The maximum atomic E-state index is 10.7. The van der Waals surface area contributed by atoms with E-state index in [2.05, 4.69) is 9.80 Å². The van der Waals surface area contributed by atoms with Crippen LogP contribution in [0.1, 0.15) is 12.8 Å². The lowest BCUT2D eigenvalue weighted by atomic mass is 9.77. The van der Waals surface area contributed by atoms with Gasteiger partial charge in [-0.05, 0) is 48.9 Å². The maximum absolute atomic E-state index is 10.7. The molecular weight excluding hydrogens is 352 g/mol. The van der Waals surface area contributed by atoms with E-state index in [0.29, 0.717) is 24.5 Å². The number of benzene rings is 1. The van der Waals surface area contributed by atoms with E-state index < -0.39 is 0 Å². The monoisotopic (exact) mass is 380 g/mol. The summed E-state index contributed by atoms with van der Waals surface area (Å²) in [6, 6.07) is 7.85. The molecule has 3 aliphatic rings. The smallest absolute Gasteiger partial charge is 0.119 e. The molecule has 1 saturated carbocycles. The van der Waals surface area contributed by atoms with Crippen molar-refractivity contribution in [1.29, 1.82) is 0 Å². The third-order valence-electron chi connectivity index (χ3n) is 6.19. The Morgan fingerprint density at radius 1 is 1.08 bits per heavy atom. The second-order valence-electron chi connectivity index (χ2n) is 7.84. The fourth-order valence-corrected chi connectivity index (χ4v) is 4.94. The van der Waals surface area contributed by atoms with Crippen LogP contribution in [0, 0.1) is 11.8 Å². The lowest BCUT2D eigenvalue weighted by molar-refractivity contribution is -0.0520. The molecule has 6 heteroatoms. The number of aliphatic hydroxyl groups excluding tert-OH is 1. The van der Waals surface area contributed by atoms with Crippen molar-refractivity contribution >= 4 is 11.6 Å². The molecular formula is C20H29ClN2O3. The average Bonchev–Trinajstić information content (AvgIpc) is 3.05. The first-order valence-corrected chi connectivity index (χ1v) is 10.2. The molecule has 1 aliphatic carbocycles. The first-order chi connectivity index (χ1) is 12.7. The second kappa shape index (κ2) is 8.44. The van der Waals surface area contributed by atoms with Crippen molar-refractivity contribution in [1.82, 2.24) is 9.80 Å². The number of morpholine rings is 1. The van der Waals surface area contributed by atoms with Crippen LogP contribution in [0.2, 0.25) is 5.02 Å². The average molecular weight is 381 g/mol. The van der Waals surface area contributed by atoms with Gasteiger partial charge in [0, 0.05) is 43.8 Å². The Balaban J connectivity index is 1.25. The molecule has 4 atom stereocenters. The molecule has 1 aromatic carbocycles. The van der Waals surface area contributed by atoms with Gasteiger partial charge >= 0.3 is 0 Å². The number of nitrogens with zero attached hydrogens (tertiary/aromatic N) is 2. The van der Waals surface area contributed by atoms with Gasteiger partial charge in [0.2, 0.25) is 0 Å². The van der Waals surface area contributed by atoms with Gasteiger partial charge in [-0.3, -0.25) is 9.80 Å². The molecule has 0 aromatic heterocycles. The molecule has 2 saturated heterocycles. The highest BCUT2D eigenvalue weighted by atomic mass is 35.5. The highest BCUT2D eigenvalue weighted by Gasteiger charge is 2.43. The number of rotatable bonds is 5. The predicted octanol–water partition coefficient (Wildman–Crippen LogP) is 2.12. The van der Waals surface area contributed by atoms with Crippen LogP contribution in [0.3, 0.4) is 0 Å². The van der Waals surface area contributed by atoms with E-state index in [-0.39, 0.29) is 6.10 Å². The first-order valence-electron chi connectivity index (χ1n) is 9.79. The minimum Gasteiger partial charge on any atom is -0.492 e. The minimum absolute atomic E-state index is 0.195.